The summed E-state index contributed by atoms with van der Waals surface area (Å²) in [6.07, 6.45) is 0.122. The molecule has 1 radical (unpaired) electrons. The molecule has 0 aliphatic carbocycles. The molecule has 2 rings (SSSR count). The Morgan fingerprint density at radius 2 is 1.64 bits per heavy atom. The first-order chi connectivity index (χ1) is 11.5. The number of ether oxygens (including phenoxy) is 3. The summed E-state index contributed by atoms with van der Waals surface area (Å²) in [5.41, 5.74) is 1.52. The number of hydrogen-bond acceptors (Lipinski definition) is 4. The molecule has 2 aromatic rings. The first-order valence-corrected chi connectivity index (χ1v) is 8.76. The Morgan fingerprint density at radius 1 is 1.04 bits per heavy atom. The van der Waals surface area contributed by atoms with Crippen molar-refractivity contribution in [2.45, 2.75) is 26.9 Å². The number of carbonyl (C=O) groups excluding carboxylic acids is 1. The molecule has 25 heavy (non-hydrogen) atoms. The van der Waals surface area contributed by atoms with E-state index in [2.05, 4.69) is 0 Å². The zero-order valence-corrected chi connectivity index (χ0v) is 16.7. The average Bonchev–Trinajstić information content (AvgIpc) is 2.55. The molecule has 1 unspecified atom stereocenters. The van der Waals surface area contributed by atoms with Gasteiger partial charge >= 0.3 is 0 Å². The monoisotopic (exact) mass is 353 g/mol. The molecule has 0 aromatic heterocycles. The van der Waals surface area contributed by atoms with Gasteiger partial charge in [0.15, 0.2) is 5.52 Å². The van der Waals surface area contributed by atoms with Crippen molar-refractivity contribution in [2.24, 2.45) is 0 Å². The summed E-state index contributed by atoms with van der Waals surface area (Å²) < 4.78 is 16.3. The van der Waals surface area contributed by atoms with Gasteiger partial charge in [-0.2, -0.15) is 0 Å². The fraction of sp³-hybridized carbons (Fsp3) is 0.316. The van der Waals surface area contributed by atoms with E-state index in [9.17, 15) is 4.79 Å². The molecule has 0 amide bonds. The third-order valence-corrected chi connectivity index (χ3v) is 4.78. The number of rotatable bonds is 7. The van der Waals surface area contributed by atoms with Crippen molar-refractivity contribution in [3.63, 3.8) is 0 Å². The Bertz CT molecular complexity index is 709. The number of benzene rings is 2. The molecule has 0 N–H and O–H groups in total. The topological polar surface area (TPSA) is 44.8 Å². The maximum Gasteiger partial charge on any atom is 0.193 e. The van der Waals surface area contributed by atoms with Gasteiger partial charge in [-0.1, -0.05) is 12.1 Å². The molecule has 2 aromatic carbocycles. The van der Waals surface area contributed by atoms with Crippen LogP contribution in [0.1, 0.15) is 29.8 Å². The van der Waals surface area contributed by atoms with Crippen LogP contribution < -0.4 is 19.5 Å². The van der Waals surface area contributed by atoms with Crippen LogP contribution in [0.25, 0.3) is 0 Å². The van der Waals surface area contributed by atoms with E-state index < -0.39 is 0 Å². The van der Waals surface area contributed by atoms with Crippen molar-refractivity contribution >= 4 is 38.3 Å². The van der Waals surface area contributed by atoms with Crippen molar-refractivity contribution in [1.82, 2.24) is 0 Å². The number of methoxy groups -OCH3 is 2. The van der Waals surface area contributed by atoms with Crippen LogP contribution in [0, 0.1) is 6.92 Å². The maximum absolute atomic E-state index is 12.8. The summed E-state index contributed by atoms with van der Waals surface area (Å²) in [7, 11) is 3.10. The molecule has 4 nitrogen and oxygen atoms in total. The average molecular weight is 353 g/mol. The van der Waals surface area contributed by atoms with Crippen molar-refractivity contribution in [3.05, 3.63) is 47.5 Å². The van der Waals surface area contributed by atoms with E-state index in [4.69, 9.17) is 14.2 Å². The third-order valence-electron chi connectivity index (χ3n) is 3.47. The fourth-order valence-electron chi connectivity index (χ4n) is 2.38. The van der Waals surface area contributed by atoms with E-state index >= 15 is 0 Å². The molecule has 0 bridgehead atoms. The molecular formula is C19H23LiO4P. The molecular weight excluding hydrogens is 330 g/mol. The van der Waals surface area contributed by atoms with Crippen LogP contribution in [0.3, 0.4) is 0 Å². The molecule has 129 valence electrons. The van der Waals surface area contributed by atoms with Gasteiger partial charge in [-0.25, -0.2) is 0 Å². The summed E-state index contributed by atoms with van der Waals surface area (Å²) in [4.78, 5) is 12.8. The number of aryl methyl sites for hydroxylation is 1. The molecule has 0 saturated heterocycles. The van der Waals surface area contributed by atoms with E-state index in [1.807, 2.05) is 39.0 Å². The van der Waals surface area contributed by atoms with Gasteiger partial charge in [0, 0.05) is 18.9 Å². The van der Waals surface area contributed by atoms with E-state index in [0.717, 1.165) is 16.6 Å². The summed E-state index contributed by atoms with van der Waals surface area (Å²) in [5.74, 6) is 1.88. The second kappa shape index (κ2) is 9.87. The van der Waals surface area contributed by atoms with Gasteiger partial charge in [0.05, 0.1) is 20.3 Å². The van der Waals surface area contributed by atoms with Crippen molar-refractivity contribution < 1.29 is 19.0 Å². The second-order valence-corrected chi connectivity index (χ2v) is 6.88. The van der Waals surface area contributed by atoms with Crippen molar-refractivity contribution in [3.8, 4) is 17.2 Å². The fourth-order valence-corrected chi connectivity index (χ4v) is 3.43. The summed E-state index contributed by atoms with van der Waals surface area (Å²) in [6, 6.07) is 11.2. The van der Waals surface area contributed by atoms with Crippen LogP contribution in [0.4, 0.5) is 0 Å². The largest absolute Gasteiger partial charge is 0.496 e. The van der Waals surface area contributed by atoms with Gasteiger partial charge in [0.25, 0.3) is 0 Å². The Hall–Kier alpha value is -1.46. The molecule has 0 heterocycles. The molecule has 0 aliphatic heterocycles. The van der Waals surface area contributed by atoms with E-state index in [-0.39, 0.29) is 39.1 Å². The smallest absolute Gasteiger partial charge is 0.193 e. The molecule has 6 heteroatoms. The Balaban J connectivity index is 0.00000312. The first-order valence-electron chi connectivity index (χ1n) is 7.76. The van der Waals surface area contributed by atoms with Crippen LogP contribution in [0.5, 0.6) is 17.2 Å². The van der Waals surface area contributed by atoms with Crippen molar-refractivity contribution in [1.29, 1.82) is 0 Å². The van der Waals surface area contributed by atoms with E-state index in [1.54, 1.807) is 32.4 Å². The van der Waals surface area contributed by atoms with Crippen LogP contribution in [-0.2, 0) is 0 Å². The van der Waals surface area contributed by atoms with Gasteiger partial charge in [-0.3, -0.25) is 4.79 Å². The van der Waals surface area contributed by atoms with Crippen molar-refractivity contribution in [2.75, 3.05) is 14.2 Å². The summed E-state index contributed by atoms with van der Waals surface area (Å²) >= 11 is 0. The van der Waals surface area contributed by atoms with Gasteiger partial charge in [0.1, 0.15) is 22.8 Å². The number of hydrogen-bond donors (Lipinski definition) is 0. The van der Waals surface area contributed by atoms with Crippen LogP contribution in [-0.4, -0.2) is 44.7 Å². The van der Waals surface area contributed by atoms with Crippen LogP contribution >= 0.6 is 8.58 Å². The summed E-state index contributed by atoms with van der Waals surface area (Å²) in [5, 5.41) is 0.990. The Labute approximate surface area is 163 Å². The zero-order chi connectivity index (χ0) is 17.7. The third kappa shape index (κ3) is 5.51. The zero-order valence-electron chi connectivity index (χ0n) is 15.7. The minimum Gasteiger partial charge on any atom is -0.496 e. The standard InChI is InChI=1S/C19H23O4P.Li/c1-12(2)23-14-9-10-17(13(3)11-14)24-19(20)18-15(21-4)7-6-8-16(18)22-5;/h6-12,24H,1-5H3;. The molecule has 0 saturated carbocycles. The quantitative estimate of drug-likeness (QED) is 0.564. The van der Waals surface area contributed by atoms with Crippen LogP contribution in [0.2, 0.25) is 0 Å². The van der Waals surface area contributed by atoms with Gasteiger partial charge < -0.3 is 14.2 Å². The minimum absolute atomic E-state index is 0. The van der Waals surface area contributed by atoms with Gasteiger partial charge in [-0.05, 0) is 64.5 Å². The minimum atomic E-state index is -0.00933. The van der Waals surface area contributed by atoms with Gasteiger partial charge in [0.2, 0.25) is 0 Å². The second-order valence-electron chi connectivity index (χ2n) is 5.63. The SMILES string of the molecule is COc1cccc(OC)c1C(=O)Pc1ccc(OC(C)C)cc1C.[Li]. The normalized spacial score (nSPS) is 10.6. The molecule has 0 spiro atoms. The predicted molar refractivity (Wildman–Crippen MR) is 105 cm³/mol. The summed E-state index contributed by atoms with van der Waals surface area (Å²) in [6.45, 7) is 5.97. The van der Waals surface area contributed by atoms with Crippen LogP contribution in [0.15, 0.2) is 36.4 Å². The Kier molecular flexibility index (Phi) is 8.52. The molecule has 0 aliphatic rings. The first kappa shape index (κ1) is 21.6. The Morgan fingerprint density at radius 3 is 2.12 bits per heavy atom. The number of carbonyl (C=O) groups is 1. The van der Waals surface area contributed by atoms with E-state index in [1.165, 1.54) is 0 Å². The molecule has 0 fully saturated rings. The molecule has 1 atom stereocenters. The predicted octanol–water partition coefficient (Wildman–Crippen LogP) is 3.56. The maximum atomic E-state index is 12.8. The van der Waals surface area contributed by atoms with Gasteiger partial charge in [-0.15, -0.1) is 0 Å². The van der Waals surface area contributed by atoms with E-state index in [0.29, 0.717) is 17.1 Å².